The predicted molar refractivity (Wildman–Crippen MR) is 89.5 cm³/mol. The molecule has 0 radical (unpaired) electrons. The highest BCUT2D eigenvalue weighted by Crippen LogP contribution is 2.29. The molecule has 1 aliphatic heterocycles. The molecule has 0 bridgehead atoms. The summed E-state index contributed by atoms with van der Waals surface area (Å²) >= 11 is 0. The van der Waals surface area contributed by atoms with Gasteiger partial charge in [-0.05, 0) is 43.2 Å². The van der Waals surface area contributed by atoms with Crippen LogP contribution in [0.4, 0.5) is 10.1 Å². The number of aromatic nitrogens is 2. The van der Waals surface area contributed by atoms with E-state index in [-0.39, 0.29) is 5.82 Å². The Hall–Kier alpha value is -2.56. The Kier molecular flexibility index (Phi) is 3.41. The Morgan fingerprint density at radius 3 is 2.70 bits per heavy atom. The van der Waals surface area contributed by atoms with Crippen LogP contribution in [0.1, 0.15) is 12.8 Å². The van der Waals surface area contributed by atoms with Crippen LogP contribution in [0, 0.1) is 5.82 Å². The molecular formula is C18H18FN3O. The minimum absolute atomic E-state index is 0.192. The second-order valence-electron chi connectivity index (χ2n) is 5.83. The van der Waals surface area contributed by atoms with E-state index in [4.69, 9.17) is 4.74 Å². The van der Waals surface area contributed by atoms with E-state index in [1.165, 1.54) is 0 Å². The van der Waals surface area contributed by atoms with Crippen molar-refractivity contribution in [2.45, 2.75) is 12.8 Å². The molecule has 1 saturated heterocycles. The molecule has 1 aliphatic rings. The summed E-state index contributed by atoms with van der Waals surface area (Å²) in [4.78, 5) is 9.87. The zero-order valence-corrected chi connectivity index (χ0v) is 13.0. The highest BCUT2D eigenvalue weighted by molar-refractivity contribution is 5.81. The smallest absolute Gasteiger partial charge is 0.147 e. The number of benzene rings is 2. The number of ether oxygens (including phenoxy) is 1. The van der Waals surface area contributed by atoms with Crippen LogP contribution in [0.5, 0.6) is 5.75 Å². The van der Waals surface area contributed by atoms with Crippen molar-refractivity contribution in [1.29, 1.82) is 0 Å². The molecule has 0 amide bonds. The van der Waals surface area contributed by atoms with Crippen molar-refractivity contribution in [3.63, 3.8) is 0 Å². The molecule has 0 atom stereocenters. The van der Waals surface area contributed by atoms with Gasteiger partial charge in [0.05, 0.1) is 23.8 Å². The highest BCUT2D eigenvalue weighted by Gasteiger charge is 2.17. The fraction of sp³-hybridized carbons (Fsp3) is 0.278. The van der Waals surface area contributed by atoms with Gasteiger partial charge in [0, 0.05) is 24.7 Å². The van der Waals surface area contributed by atoms with E-state index in [9.17, 15) is 4.39 Å². The molecular weight excluding hydrogens is 293 g/mol. The molecule has 0 saturated carbocycles. The number of hydrogen-bond acceptors (Lipinski definition) is 3. The summed E-state index contributed by atoms with van der Waals surface area (Å²) in [5, 5.41) is 0. The van der Waals surface area contributed by atoms with E-state index in [0.29, 0.717) is 11.5 Å². The molecule has 3 aromatic rings. The average Bonchev–Trinajstić information content (AvgIpc) is 3.23. The number of halogens is 1. The first-order valence-electron chi connectivity index (χ1n) is 7.83. The SMILES string of the molecule is COc1ccc2nc(-c3ccc(N4CCCC4)c(F)c3)[nH]c2c1. The van der Waals surface area contributed by atoms with E-state index in [2.05, 4.69) is 14.9 Å². The molecule has 4 rings (SSSR count). The van der Waals surface area contributed by atoms with Gasteiger partial charge in [-0.3, -0.25) is 0 Å². The summed E-state index contributed by atoms with van der Waals surface area (Å²) in [6.45, 7) is 1.86. The largest absolute Gasteiger partial charge is 0.497 e. The fourth-order valence-electron chi connectivity index (χ4n) is 3.12. The first kappa shape index (κ1) is 14.1. The van der Waals surface area contributed by atoms with Crippen molar-refractivity contribution in [2.75, 3.05) is 25.1 Å². The molecule has 2 aromatic carbocycles. The molecule has 0 spiro atoms. The average molecular weight is 311 g/mol. The second-order valence-corrected chi connectivity index (χ2v) is 5.83. The van der Waals surface area contributed by atoms with Crippen LogP contribution in [0.2, 0.25) is 0 Å². The number of imidazole rings is 1. The lowest BCUT2D eigenvalue weighted by Gasteiger charge is -2.18. The zero-order valence-electron chi connectivity index (χ0n) is 13.0. The van der Waals surface area contributed by atoms with E-state index in [1.807, 2.05) is 30.3 Å². The van der Waals surface area contributed by atoms with Crippen LogP contribution in [0.25, 0.3) is 22.4 Å². The first-order chi connectivity index (χ1) is 11.2. The minimum atomic E-state index is -0.192. The summed E-state index contributed by atoms with van der Waals surface area (Å²) in [6.07, 6.45) is 2.26. The Bertz CT molecular complexity index is 853. The number of nitrogens with zero attached hydrogens (tertiary/aromatic N) is 2. The Morgan fingerprint density at radius 2 is 1.96 bits per heavy atom. The van der Waals surface area contributed by atoms with Gasteiger partial charge in [-0.15, -0.1) is 0 Å². The molecule has 4 nitrogen and oxygen atoms in total. The summed E-state index contributed by atoms with van der Waals surface area (Å²) in [6, 6.07) is 11.0. The van der Waals surface area contributed by atoms with Crippen LogP contribution in [0.3, 0.4) is 0 Å². The summed E-state index contributed by atoms with van der Waals surface area (Å²) in [7, 11) is 1.63. The number of rotatable bonds is 3. The lowest BCUT2D eigenvalue weighted by Crippen LogP contribution is -2.18. The predicted octanol–water partition coefficient (Wildman–Crippen LogP) is 3.98. The normalized spacial score (nSPS) is 14.6. The van der Waals surface area contributed by atoms with Gasteiger partial charge in [-0.2, -0.15) is 0 Å². The van der Waals surface area contributed by atoms with Gasteiger partial charge in [0.2, 0.25) is 0 Å². The third-order valence-corrected chi connectivity index (χ3v) is 4.36. The van der Waals surface area contributed by atoms with Gasteiger partial charge in [0.15, 0.2) is 0 Å². The van der Waals surface area contributed by atoms with Crippen molar-refractivity contribution >= 4 is 16.7 Å². The fourth-order valence-corrected chi connectivity index (χ4v) is 3.12. The van der Waals surface area contributed by atoms with E-state index < -0.39 is 0 Å². The van der Waals surface area contributed by atoms with Crippen molar-refractivity contribution in [3.05, 3.63) is 42.2 Å². The molecule has 1 N–H and O–H groups in total. The summed E-state index contributed by atoms with van der Waals surface area (Å²) < 4.78 is 19.7. The second kappa shape index (κ2) is 5.57. The maximum atomic E-state index is 14.5. The third kappa shape index (κ3) is 2.52. The van der Waals surface area contributed by atoms with Gasteiger partial charge in [0.1, 0.15) is 17.4 Å². The van der Waals surface area contributed by atoms with Crippen molar-refractivity contribution in [3.8, 4) is 17.1 Å². The van der Waals surface area contributed by atoms with Gasteiger partial charge in [-0.25, -0.2) is 9.37 Å². The quantitative estimate of drug-likeness (QED) is 0.795. The first-order valence-corrected chi connectivity index (χ1v) is 7.83. The lowest BCUT2D eigenvalue weighted by molar-refractivity contribution is 0.415. The van der Waals surface area contributed by atoms with Crippen molar-refractivity contribution in [2.24, 2.45) is 0 Å². The number of nitrogens with one attached hydrogen (secondary N) is 1. The van der Waals surface area contributed by atoms with Crippen molar-refractivity contribution < 1.29 is 9.13 Å². The van der Waals surface area contributed by atoms with Crippen LogP contribution >= 0.6 is 0 Å². The van der Waals surface area contributed by atoms with Gasteiger partial charge >= 0.3 is 0 Å². The van der Waals surface area contributed by atoms with Gasteiger partial charge in [0.25, 0.3) is 0 Å². The number of methoxy groups -OCH3 is 1. The number of aromatic amines is 1. The van der Waals surface area contributed by atoms with Crippen LogP contribution in [0.15, 0.2) is 36.4 Å². The summed E-state index contributed by atoms with van der Waals surface area (Å²) in [5.41, 5.74) is 3.15. The third-order valence-electron chi connectivity index (χ3n) is 4.36. The maximum absolute atomic E-state index is 14.5. The maximum Gasteiger partial charge on any atom is 0.147 e. The topological polar surface area (TPSA) is 41.1 Å². The number of fused-ring (bicyclic) bond motifs is 1. The van der Waals surface area contributed by atoms with Gasteiger partial charge in [-0.1, -0.05) is 0 Å². The standard InChI is InChI=1S/C18H18FN3O/c1-23-13-5-6-15-16(11-13)21-18(20-15)12-4-7-17(14(19)10-12)22-8-2-3-9-22/h4-7,10-11H,2-3,8-9H2,1H3,(H,20,21). The number of anilines is 1. The monoisotopic (exact) mass is 311 g/mol. The van der Waals surface area contributed by atoms with Crippen LogP contribution in [-0.4, -0.2) is 30.2 Å². The van der Waals surface area contributed by atoms with Crippen LogP contribution in [-0.2, 0) is 0 Å². The Labute approximate surface area is 133 Å². The van der Waals surface area contributed by atoms with Gasteiger partial charge < -0.3 is 14.6 Å². The van der Waals surface area contributed by atoms with E-state index in [0.717, 1.165) is 48.3 Å². The van der Waals surface area contributed by atoms with E-state index >= 15 is 0 Å². The Morgan fingerprint density at radius 1 is 1.13 bits per heavy atom. The number of H-pyrrole nitrogens is 1. The molecule has 2 heterocycles. The Balaban J connectivity index is 1.71. The molecule has 0 unspecified atom stereocenters. The zero-order chi connectivity index (χ0) is 15.8. The molecule has 0 aliphatic carbocycles. The molecule has 118 valence electrons. The van der Waals surface area contributed by atoms with E-state index in [1.54, 1.807) is 13.2 Å². The molecule has 1 fully saturated rings. The highest BCUT2D eigenvalue weighted by atomic mass is 19.1. The number of hydrogen-bond donors (Lipinski definition) is 1. The van der Waals surface area contributed by atoms with Crippen molar-refractivity contribution in [1.82, 2.24) is 9.97 Å². The molecule has 23 heavy (non-hydrogen) atoms. The summed E-state index contributed by atoms with van der Waals surface area (Å²) in [5.74, 6) is 1.24. The molecule has 5 heteroatoms. The molecule has 1 aromatic heterocycles. The minimum Gasteiger partial charge on any atom is -0.497 e. The lowest BCUT2D eigenvalue weighted by atomic mass is 10.1. The van der Waals surface area contributed by atoms with Crippen LogP contribution < -0.4 is 9.64 Å².